The Labute approximate surface area is 134 Å². The Bertz CT molecular complexity index is 643. The van der Waals surface area contributed by atoms with Crippen LogP contribution < -0.4 is 5.32 Å². The topological polar surface area (TPSA) is 70.7 Å². The van der Waals surface area contributed by atoms with E-state index >= 15 is 0 Å². The summed E-state index contributed by atoms with van der Waals surface area (Å²) < 4.78 is 0. The van der Waals surface area contributed by atoms with E-state index in [1.54, 1.807) is 0 Å². The van der Waals surface area contributed by atoms with Crippen LogP contribution >= 0.6 is 11.8 Å². The zero-order chi connectivity index (χ0) is 15.5. The number of benzene rings is 1. The van der Waals surface area contributed by atoms with Crippen LogP contribution in [0.1, 0.15) is 30.8 Å². The summed E-state index contributed by atoms with van der Waals surface area (Å²) >= 11 is 1.35. The molecular formula is C16H20N4OS. The van der Waals surface area contributed by atoms with Gasteiger partial charge in [0.1, 0.15) is 5.82 Å². The fourth-order valence-electron chi connectivity index (χ4n) is 2.65. The summed E-state index contributed by atoms with van der Waals surface area (Å²) in [5, 5.41) is 10.6. The number of nitrogens with zero attached hydrogens (tertiary/aromatic N) is 2. The SMILES string of the molecule is Cc1nc(SCC(=O)N[C@H](c2ccccc2)[C@@H]2C[C@@H]2C)n[nH]1. The largest absolute Gasteiger partial charge is 0.348 e. The van der Waals surface area contributed by atoms with Crippen molar-refractivity contribution in [3.05, 3.63) is 41.7 Å². The van der Waals surface area contributed by atoms with Crippen LogP contribution in [0.15, 0.2) is 35.5 Å². The molecule has 0 radical (unpaired) electrons. The number of aromatic nitrogens is 3. The summed E-state index contributed by atoms with van der Waals surface area (Å²) in [6.07, 6.45) is 1.17. The lowest BCUT2D eigenvalue weighted by molar-refractivity contribution is -0.119. The second-order valence-electron chi connectivity index (χ2n) is 5.82. The van der Waals surface area contributed by atoms with Gasteiger partial charge in [-0.25, -0.2) is 4.98 Å². The van der Waals surface area contributed by atoms with Crippen molar-refractivity contribution in [2.24, 2.45) is 11.8 Å². The van der Waals surface area contributed by atoms with Crippen molar-refractivity contribution in [3.63, 3.8) is 0 Å². The van der Waals surface area contributed by atoms with E-state index in [1.165, 1.54) is 23.7 Å². The summed E-state index contributed by atoms with van der Waals surface area (Å²) in [6.45, 7) is 4.08. The Hall–Kier alpha value is -1.82. The highest BCUT2D eigenvalue weighted by atomic mass is 32.2. The second kappa shape index (κ2) is 6.52. The first-order valence-corrected chi connectivity index (χ1v) is 8.48. The molecule has 2 N–H and O–H groups in total. The third-order valence-electron chi connectivity index (χ3n) is 3.98. The summed E-state index contributed by atoms with van der Waals surface area (Å²) in [6, 6.07) is 10.3. The predicted molar refractivity (Wildman–Crippen MR) is 86.4 cm³/mol. The van der Waals surface area contributed by atoms with E-state index in [2.05, 4.69) is 39.6 Å². The molecule has 0 spiro atoms. The quantitative estimate of drug-likeness (QED) is 0.804. The number of carbonyl (C=O) groups excluding carboxylic acids is 1. The number of hydrogen-bond donors (Lipinski definition) is 2. The highest BCUT2D eigenvalue weighted by Crippen LogP contribution is 2.46. The summed E-state index contributed by atoms with van der Waals surface area (Å²) in [5.41, 5.74) is 1.18. The molecule has 3 atom stereocenters. The van der Waals surface area contributed by atoms with Crippen LogP contribution in [0.3, 0.4) is 0 Å². The Morgan fingerprint density at radius 2 is 2.18 bits per heavy atom. The lowest BCUT2D eigenvalue weighted by Gasteiger charge is -2.19. The molecule has 3 rings (SSSR count). The molecule has 1 aromatic carbocycles. The monoisotopic (exact) mass is 316 g/mol. The van der Waals surface area contributed by atoms with Gasteiger partial charge in [0.2, 0.25) is 11.1 Å². The third-order valence-corrected chi connectivity index (χ3v) is 4.83. The maximum Gasteiger partial charge on any atom is 0.230 e. The average Bonchev–Trinajstić information content (AvgIpc) is 3.09. The molecule has 1 heterocycles. The molecule has 0 unspecified atom stereocenters. The first-order valence-electron chi connectivity index (χ1n) is 7.49. The van der Waals surface area contributed by atoms with Gasteiger partial charge in [-0.3, -0.25) is 9.89 Å². The molecule has 22 heavy (non-hydrogen) atoms. The smallest absolute Gasteiger partial charge is 0.230 e. The molecule has 1 amide bonds. The number of amides is 1. The minimum atomic E-state index is 0.0282. The van der Waals surface area contributed by atoms with Gasteiger partial charge >= 0.3 is 0 Å². The van der Waals surface area contributed by atoms with E-state index in [9.17, 15) is 4.79 Å². The van der Waals surface area contributed by atoms with Gasteiger partial charge in [0.25, 0.3) is 0 Å². The van der Waals surface area contributed by atoms with Gasteiger partial charge in [-0.05, 0) is 30.7 Å². The average molecular weight is 316 g/mol. The van der Waals surface area contributed by atoms with E-state index in [0.29, 0.717) is 22.7 Å². The molecule has 1 aliphatic carbocycles. The molecular weight excluding hydrogens is 296 g/mol. The molecule has 116 valence electrons. The predicted octanol–water partition coefficient (Wildman–Crippen LogP) is 2.72. The zero-order valence-corrected chi connectivity index (χ0v) is 13.6. The molecule has 1 fully saturated rings. The van der Waals surface area contributed by atoms with Crippen molar-refractivity contribution in [1.82, 2.24) is 20.5 Å². The van der Waals surface area contributed by atoms with Crippen LogP contribution in [-0.4, -0.2) is 26.8 Å². The molecule has 0 saturated heterocycles. The maximum absolute atomic E-state index is 12.2. The van der Waals surface area contributed by atoms with Crippen LogP contribution in [0, 0.1) is 18.8 Å². The fraction of sp³-hybridized carbons (Fsp3) is 0.438. The molecule has 0 aliphatic heterocycles. The van der Waals surface area contributed by atoms with Crippen LogP contribution in [0.25, 0.3) is 0 Å². The number of H-pyrrole nitrogens is 1. The Morgan fingerprint density at radius 3 is 2.77 bits per heavy atom. The van der Waals surface area contributed by atoms with Gasteiger partial charge in [0.15, 0.2) is 0 Å². The highest BCUT2D eigenvalue weighted by Gasteiger charge is 2.40. The van der Waals surface area contributed by atoms with Crippen LogP contribution in [0.2, 0.25) is 0 Å². The minimum absolute atomic E-state index is 0.0282. The molecule has 5 nitrogen and oxygen atoms in total. The zero-order valence-electron chi connectivity index (χ0n) is 12.7. The normalized spacial score (nSPS) is 21.4. The van der Waals surface area contributed by atoms with Gasteiger partial charge in [0.05, 0.1) is 11.8 Å². The maximum atomic E-state index is 12.2. The molecule has 2 aromatic rings. The number of aromatic amines is 1. The van der Waals surface area contributed by atoms with E-state index < -0.39 is 0 Å². The van der Waals surface area contributed by atoms with E-state index in [-0.39, 0.29) is 11.9 Å². The lowest BCUT2D eigenvalue weighted by atomic mass is 10.0. The highest BCUT2D eigenvalue weighted by molar-refractivity contribution is 7.99. The molecule has 0 bridgehead atoms. The van der Waals surface area contributed by atoms with E-state index in [1.807, 2.05) is 25.1 Å². The Balaban J connectivity index is 1.60. The van der Waals surface area contributed by atoms with Gasteiger partial charge < -0.3 is 5.32 Å². The minimum Gasteiger partial charge on any atom is -0.348 e. The summed E-state index contributed by atoms with van der Waals surface area (Å²) in [7, 11) is 0. The van der Waals surface area contributed by atoms with Gasteiger partial charge in [-0.1, -0.05) is 49.0 Å². The third kappa shape index (κ3) is 3.68. The van der Waals surface area contributed by atoms with Crippen LogP contribution in [0.4, 0.5) is 0 Å². The number of rotatable bonds is 6. The van der Waals surface area contributed by atoms with Crippen molar-refractivity contribution in [1.29, 1.82) is 0 Å². The first kappa shape index (κ1) is 15.1. The van der Waals surface area contributed by atoms with Crippen LogP contribution in [-0.2, 0) is 4.79 Å². The summed E-state index contributed by atoms with van der Waals surface area (Å²) in [5.74, 6) is 2.34. The van der Waals surface area contributed by atoms with Gasteiger partial charge in [-0.15, -0.1) is 5.10 Å². The van der Waals surface area contributed by atoms with Crippen molar-refractivity contribution in [2.75, 3.05) is 5.75 Å². The lowest BCUT2D eigenvalue weighted by Crippen LogP contribution is -2.31. The molecule has 1 aromatic heterocycles. The van der Waals surface area contributed by atoms with E-state index in [4.69, 9.17) is 0 Å². The van der Waals surface area contributed by atoms with Crippen LogP contribution in [0.5, 0.6) is 0 Å². The number of aryl methyl sites for hydroxylation is 1. The second-order valence-corrected chi connectivity index (χ2v) is 6.77. The fourth-order valence-corrected chi connectivity index (χ4v) is 3.30. The van der Waals surface area contributed by atoms with Crippen molar-refractivity contribution in [2.45, 2.75) is 31.5 Å². The standard InChI is InChI=1S/C16H20N4OS/c1-10-8-13(10)15(12-6-4-3-5-7-12)18-14(21)9-22-16-17-11(2)19-20-16/h3-7,10,13,15H,8-9H2,1-2H3,(H,18,21)(H,17,19,20)/t10-,13+,15+/m0/s1. The van der Waals surface area contributed by atoms with Gasteiger partial charge in [0, 0.05) is 0 Å². The van der Waals surface area contributed by atoms with E-state index in [0.717, 1.165) is 5.82 Å². The van der Waals surface area contributed by atoms with Crippen molar-refractivity contribution >= 4 is 17.7 Å². The van der Waals surface area contributed by atoms with Crippen molar-refractivity contribution in [3.8, 4) is 0 Å². The van der Waals surface area contributed by atoms with Crippen molar-refractivity contribution < 1.29 is 4.79 Å². The Morgan fingerprint density at radius 1 is 1.45 bits per heavy atom. The Kier molecular flexibility index (Phi) is 4.47. The molecule has 1 saturated carbocycles. The number of carbonyl (C=O) groups is 1. The molecule has 1 aliphatic rings. The number of hydrogen-bond acceptors (Lipinski definition) is 4. The number of thioether (sulfide) groups is 1. The number of nitrogens with one attached hydrogen (secondary N) is 2. The summed E-state index contributed by atoms with van der Waals surface area (Å²) in [4.78, 5) is 16.4. The van der Waals surface area contributed by atoms with Gasteiger partial charge in [-0.2, -0.15) is 0 Å². The first-order chi connectivity index (χ1) is 10.6. The molecule has 6 heteroatoms.